The standard InChI is InChI=1S/C23H28ClN3O5/c1-14-7-8-18(17(24)10-14)26-23(25-13-16-6-5-9-32-16)27-22(28)15-11-19(29-2)21(31-4)20(12-15)30-3/h7-8,10-12,16H,5-6,9,13H2,1-4H3,(H2,25,26,27,28)/t16-/m0/s1. The number of benzene rings is 2. The number of methoxy groups -OCH3 is 3. The number of ether oxygens (including phenoxy) is 4. The van der Waals surface area contributed by atoms with E-state index in [1.165, 1.54) is 21.3 Å². The van der Waals surface area contributed by atoms with Gasteiger partial charge >= 0.3 is 0 Å². The van der Waals surface area contributed by atoms with Crippen molar-refractivity contribution in [3.8, 4) is 17.2 Å². The summed E-state index contributed by atoms with van der Waals surface area (Å²) in [5, 5.41) is 6.47. The van der Waals surface area contributed by atoms with E-state index in [0.717, 1.165) is 25.0 Å². The summed E-state index contributed by atoms with van der Waals surface area (Å²) in [5.74, 6) is 1.04. The van der Waals surface area contributed by atoms with Gasteiger partial charge in [-0.2, -0.15) is 0 Å². The van der Waals surface area contributed by atoms with Crippen molar-refractivity contribution in [3.63, 3.8) is 0 Å². The van der Waals surface area contributed by atoms with Gasteiger partial charge in [0.2, 0.25) is 11.7 Å². The van der Waals surface area contributed by atoms with E-state index in [4.69, 9.17) is 30.5 Å². The van der Waals surface area contributed by atoms with Crippen LogP contribution in [-0.2, 0) is 4.74 Å². The molecule has 0 spiro atoms. The molecule has 1 amide bonds. The first kappa shape index (κ1) is 23.7. The zero-order chi connectivity index (χ0) is 23.1. The van der Waals surface area contributed by atoms with Crippen molar-refractivity contribution in [3.05, 3.63) is 46.5 Å². The molecule has 1 saturated heterocycles. The number of hydrogen-bond donors (Lipinski definition) is 2. The molecule has 0 bridgehead atoms. The molecule has 0 saturated carbocycles. The van der Waals surface area contributed by atoms with Crippen molar-refractivity contribution in [2.45, 2.75) is 25.9 Å². The Morgan fingerprint density at radius 2 is 1.88 bits per heavy atom. The summed E-state index contributed by atoms with van der Waals surface area (Å²) in [6, 6.07) is 8.75. The molecule has 1 aliphatic rings. The van der Waals surface area contributed by atoms with E-state index in [9.17, 15) is 4.79 Å². The molecule has 1 aliphatic heterocycles. The highest BCUT2D eigenvalue weighted by atomic mass is 35.5. The minimum atomic E-state index is -0.397. The summed E-state index contributed by atoms with van der Waals surface area (Å²) >= 11 is 6.37. The topological polar surface area (TPSA) is 90.4 Å². The SMILES string of the molecule is COc1cc(C(=O)NC(=NC[C@@H]2CCCO2)Nc2ccc(C)cc2Cl)cc(OC)c1OC. The Morgan fingerprint density at radius 1 is 1.16 bits per heavy atom. The van der Waals surface area contributed by atoms with E-state index in [1.807, 2.05) is 25.1 Å². The number of nitrogens with zero attached hydrogens (tertiary/aromatic N) is 1. The minimum absolute atomic E-state index is 0.0263. The quantitative estimate of drug-likeness (QED) is 0.477. The van der Waals surface area contributed by atoms with Crippen LogP contribution in [0.5, 0.6) is 17.2 Å². The maximum Gasteiger partial charge on any atom is 0.258 e. The molecular formula is C23H28ClN3O5. The first-order valence-electron chi connectivity index (χ1n) is 10.3. The lowest BCUT2D eigenvalue weighted by Gasteiger charge is -2.16. The zero-order valence-corrected chi connectivity index (χ0v) is 19.4. The van der Waals surface area contributed by atoms with Gasteiger partial charge in [-0.3, -0.25) is 10.1 Å². The maximum absolute atomic E-state index is 13.1. The summed E-state index contributed by atoms with van der Waals surface area (Å²) in [6.07, 6.45) is 1.96. The fourth-order valence-electron chi connectivity index (χ4n) is 3.33. The molecule has 0 radical (unpaired) electrons. The summed E-state index contributed by atoms with van der Waals surface area (Å²) < 4.78 is 21.7. The molecule has 2 aromatic rings. The van der Waals surface area contributed by atoms with E-state index < -0.39 is 5.91 Å². The Hall–Kier alpha value is -2.97. The first-order valence-corrected chi connectivity index (χ1v) is 10.6. The zero-order valence-electron chi connectivity index (χ0n) is 18.7. The van der Waals surface area contributed by atoms with Gasteiger partial charge in [0, 0.05) is 12.2 Å². The van der Waals surface area contributed by atoms with Crippen molar-refractivity contribution >= 4 is 29.2 Å². The monoisotopic (exact) mass is 461 g/mol. The number of anilines is 1. The molecule has 0 aromatic heterocycles. The smallest absolute Gasteiger partial charge is 0.258 e. The molecule has 1 atom stereocenters. The van der Waals surface area contributed by atoms with E-state index in [1.54, 1.807) is 12.1 Å². The highest BCUT2D eigenvalue weighted by Gasteiger charge is 2.19. The van der Waals surface area contributed by atoms with Crippen LogP contribution >= 0.6 is 11.6 Å². The number of rotatable bonds is 7. The molecule has 32 heavy (non-hydrogen) atoms. The summed E-state index contributed by atoms with van der Waals surface area (Å²) in [5.41, 5.74) is 1.98. The molecule has 0 unspecified atom stereocenters. The van der Waals surface area contributed by atoms with Crippen LogP contribution in [0.25, 0.3) is 0 Å². The fourth-order valence-corrected chi connectivity index (χ4v) is 3.62. The van der Waals surface area contributed by atoms with Gasteiger partial charge in [0.15, 0.2) is 11.5 Å². The Morgan fingerprint density at radius 3 is 2.44 bits per heavy atom. The summed E-state index contributed by atoms with van der Waals surface area (Å²) in [6.45, 7) is 3.10. The number of carbonyl (C=O) groups is 1. The normalized spacial score (nSPS) is 15.9. The van der Waals surface area contributed by atoms with Gasteiger partial charge in [0.1, 0.15) is 0 Å². The van der Waals surface area contributed by atoms with E-state index in [0.29, 0.717) is 40.1 Å². The Bertz CT molecular complexity index is 965. The second-order valence-corrected chi connectivity index (χ2v) is 7.71. The molecule has 3 rings (SSSR count). The van der Waals surface area contributed by atoms with Gasteiger partial charge in [0.25, 0.3) is 5.91 Å². The molecule has 1 fully saturated rings. The third kappa shape index (κ3) is 5.83. The second-order valence-electron chi connectivity index (χ2n) is 7.30. The average molecular weight is 462 g/mol. The number of hydrogen-bond acceptors (Lipinski definition) is 6. The van der Waals surface area contributed by atoms with Crippen LogP contribution in [0.1, 0.15) is 28.8 Å². The van der Waals surface area contributed by atoms with E-state index in [-0.39, 0.29) is 12.1 Å². The van der Waals surface area contributed by atoms with Crippen LogP contribution in [0.2, 0.25) is 5.02 Å². The highest BCUT2D eigenvalue weighted by Crippen LogP contribution is 2.38. The van der Waals surface area contributed by atoms with Crippen LogP contribution in [0.15, 0.2) is 35.3 Å². The van der Waals surface area contributed by atoms with Gasteiger partial charge in [-0.15, -0.1) is 0 Å². The highest BCUT2D eigenvalue weighted by molar-refractivity contribution is 6.34. The predicted octanol–water partition coefficient (Wildman–Crippen LogP) is 4.05. The number of aliphatic imine (C=N–C) groups is 1. The van der Waals surface area contributed by atoms with Gasteiger partial charge in [-0.1, -0.05) is 17.7 Å². The van der Waals surface area contributed by atoms with Crippen molar-refractivity contribution in [1.82, 2.24) is 5.32 Å². The number of amides is 1. The largest absolute Gasteiger partial charge is 0.493 e. The molecule has 9 heteroatoms. The van der Waals surface area contributed by atoms with E-state index >= 15 is 0 Å². The van der Waals surface area contributed by atoms with Crippen molar-refractivity contribution in [2.24, 2.45) is 4.99 Å². The number of halogens is 1. The van der Waals surface area contributed by atoms with Gasteiger partial charge in [-0.25, -0.2) is 4.99 Å². The molecule has 2 N–H and O–H groups in total. The van der Waals surface area contributed by atoms with Crippen LogP contribution in [0.4, 0.5) is 5.69 Å². The number of nitrogens with one attached hydrogen (secondary N) is 2. The van der Waals surface area contributed by atoms with Crippen LogP contribution in [0, 0.1) is 6.92 Å². The Kier molecular flexibility index (Phi) is 8.19. The predicted molar refractivity (Wildman–Crippen MR) is 125 cm³/mol. The third-order valence-corrected chi connectivity index (χ3v) is 5.33. The third-order valence-electron chi connectivity index (χ3n) is 5.01. The lowest BCUT2D eigenvalue weighted by Crippen LogP contribution is -2.37. The molecular weight excluding hydrogens is 434 g/mol. The molecule has 1 heterocycles. The van der Waals surface area contributed by atoms with Gasteiger partial charge < -0.3 is 24.3 Å². The summed E-state index contributed by atoms with van der Waals surface area (Å²) in [7, 11) is 4.49. The van der Waals surface area contributed by atoms with Crippen molar-refractivity contribution in [2.75, 3.05) is 39.8 Å². The van der Waals surface area contributed by atoms with Crippen LogP contribution < -0.4 is 24.8 Å². The molecule has 0 aliphatic carbocycles. The number of carbonyl (C=O) groups excluding carboxylic acids is 1. The Balaban J connectivity index is 1.86. The average Bonchev–Trinajstić information content (AvgIpc) is 3.31. The van der Waals surface area contributed by atoms with Crippen LogP contribution in [-0.4, -0.2) is 52.5 Å². The Labute approximate surface area is 192 Å². The van der Waals surface area contributed by atoms with Gasteiger partial charge in [-0.05, 0) is 49.6 Å². The first-order chi connectivity index (χ1) is 15.4. The molecule has 8 nitrogen and oxygen atoms in total. The number of guanidine groups is 1. The molecule has 172 valence electrons. The fraction of sp³-hybridized carbons (Fsp3) is 0.391. The van der Waals surface area contributed by atoms with Crippen molar-refractivity contribution < 1.29 is 23.7 Å². The van der Waals surface area contributed by atoms with Crippen molar-refractivity contribution in [1.29, 1.82) is 0 Å². The lowest BCUT2D eigenvalue weighted by molar-refractivity contribution is 0.0974. The number of aryl methyl sites for hydroxylation is 1. The molecule has 2 aromatic carbocycles. The van der Waals surface area contributed by atoms with E-state index in [2.05, 4.69) is 15.6 Å². The summed E-state index contributed by atoms with van der Waals surface area (Å²) in [4.78, 5) is 17.6. The van der Waals surface area contributed by atoms with Crippen LogP contribution in [0.3, 0.4) is 0 Å². The maximum atomic E-state index is 13.1. The minimum Gasteiger partial charge on any atom is -0.493 e. The lowest BCUT2D eigenvalue weighted by atomic mass is 10.1. The van der Waals surface area contributed by atoms with Gasteiger partial charge in [0.05, 0.1) is 44.7 Å². The second kappa shape index (κ2) is 11.1.